The highest BCUT2D eigenvalue weighted by atomic mass is 16.5. The summed E-state index contributed by atoms with van der Waals surface area (Å²) in [7, 11) is 0. The van der Waals surface area contributed by atoms with Gasteiger partial charge in [0, 0.05) is 59.1 Å². The minimum absolute atomic E-state index is 0.0131. The first-order valence-corrected chi connectivity index (χ1v) is 15.5. The number of rotatable bonds is 3. The second-order valence-electron chi connectivity index (χ2n) is 12.4. The third-order valence-electron chi connectivity index (χ3n) is 9.95. The summed E-state index contributed by atoms with van der Waals surface area (Å²) in [5.41, 5.74) is 8.79. The summed E-state index contributed by atoms with van der Waals surface area (Å²) < 4.78 is 9.63. The zero-order chi connectivity index (χ0) is 28.5. The molecule has 0 saturated heterocycles. The Hall–Kier alpha value is -4.13. The Labute approximate surface area is 244 Å². The number of benzene rings is 3. The van der Waals surface area contributed by atoms with Gasteiger partial charge in [0.15, 0.2) is 0 Å². The number of ether oxygens (including phenoxy) is 1. The number of hydrogen-bond acceptors (Lipinski definition) is 4. The van der Waals surface area contributed by atoms with Crippen LogP contribution in [0.15, 0.2) is 30.3 Å². The second kappa shape index (κ2) is 9.72. The number of aryl methyl sites for hydroxylation is 2. The van der Waals surface area contributed by atoms with Crippen LogP contribution in [0.2, 0.25) is 0 Å². The fraction of sp³-hybridized carbons (Fsp3) is 0.400. The zero-order valence-electron chi connectivity index (χ0n) is 23.8. The van der Waals surface area contributed by atoms with E-state index in [2.05, 4.69) is 21.6 Å². The van der Waals surface area contributed by atoms with Gasteiger partial charge in [-0.15, -0.1) is 0 Å². The molecule has 0 aliphatic carbocycles. The second-order valence-corrected chi connectivity index (χ2v) is 12.4. The summed E-state index contributed by atoms with van der Waals surface area (Å²) in [4.78, 5) is 27.1. The summed E-state index contributed by atoms with van der Waals surface area (Å²) in [5.74, 6) is -0.530. The van der Waals surface area contributed by atoms with Crippen molar-refractivity contribution in [1.29, 1.82) is 0 Å². The molecule has 0 bridgehead atoms. The first-order chi connectivity index (χ1) is 20.5. The summed E-state index contributed by atoms with van der Waals surface area (Å²) >= 11 is 0. The monoisotopic (exact) mass is 563 g/mol. The maximum Gasteiger partial charge on any atom is 0.336 e. The van der Waals surface area contributed by atoms with Gasteiger partial charge in [-0.2, -0.15) is 0 Å². The summed E-state index contributed by atoms with van der Waals surface area (Å²) in [6, 6.07) is 9.07. The van der Waals surface area contributed by atoms with E-state index in [9.17, 15) is 19.8 Å². The number of carbonyl (C=O) groups is 2. The van der Waals surface area contributed by atoms with Crippen molar-refractivity contribution in [2.45, 2.75) is 64.2 Å². The molecule has 214 valence electrons. The van der Waals surface area contributed by atoms with Crippen LogP contribution in [-0.4, -0.2) is 48.3 Å². The molecule has 7 nitrogen and oxygen atoms in total. The third kappa shape index (κ3) is 3.82. The van der Waals surface area contributed by atoms with Gasteiger partial charge in [0.25, 0.3) is 0 Å². The first kappa shape index (κ1) is 25.6. The Morgan fingerprint density at radius 3 is 2.38 bits per heavy atom. The van der Waals surface area contributed by atoms with Crippen LogP contribution in [0.4, 0.5) is 5.69 Å². The maximum atomic E-state index is 12.7. The molecule has 0 amide bonds. The quantitative estimate of drug-likeness (QED) is 0.362. The number of aromatic carboxylic acids is 2. The minimum atomic E-state index is -1.13. The van der Waals surface area contributed by atoms with E-state index in [1.54, 1.807) is 6.07 Å². The number of hydrogen-bond donors (Lipinski definition) is 2. The van der Waals surface area contributed by atoms with Crippen molar-refractivity contribution >= 4 is 23.2 Å². The van der Waals surface area contributed by atoms with Crippen molar-refractivity contribution in [3.05, 3.63) is 85.4 Å². The number of fused-ring (bicyclic) bond motifs is 4. The van der Waals surface area contributed by atoms with Crippen LogP contribution < -0.4 is 24.8 Å². The van der Waals surface area contributed by atoms with Crippen molar-refractivity contribution in [3.8, 4) is 11.5 Å². The van der Waals surface area contributed by atoms with E-state index in [4.69, 9.17) is 4.74 Å². The van der Waals surface area contributed by atoms with E-state index < -0.39 is 11.9 Å². The van der Waals surface area contributed by atoms with Gasteiger partial charge in [-0.05, 0) is 86.8 Å². The molecular weight excluding hydrogens is 528 g/mol. The van der Waals surface area contributed by atoms with E-state index in [1.165, 1.54) is 45.4 Å². The lowest BCUT2D eigenvalue weighted by atomic mass is 9.83. The molecule has 3 aromatic rings. The van der Waals surface area contributed by atoms with Crippen LogP contribution in [0.5, 0.6) is 11.5 Å². The van der Waals surface area contributed by atoms with Gasteiger partial charge in [-0.1, -0.05) is 6.07 Å². The Kier molecular flexibility index (Phi) is 5.92. The van der Waals surface area contributed by atoms with Gasteiger partial charge < -0.3 is 19.8 Å². The lowest BCUT2D eigenvalue weighted by molar-refractivity contribution is 0.0695. The lowest BCUT2D eigenvalue weighted by Gasteiger charge is -2.35. The molecular formula is C35H35N2O5+. The van der Waals surface area contributed by atoms with Crippen LogP contribution in [0.25, 0.3) is 5.57 Å². The highest BCUT2D eigenvalue weighted by Gasteiger charge is 2.36. The Bertz CT molecular complexity index is 1840. The van der Waals surface area contributed by atoms with E-state index in [1.807, 2.05) is 0 Å². The van der Waals surface area contributed by atoms with Gasteiger partial charge in [0.05, 0.1) is 16.7 Å². The highest BCUT2D eigenvalue weighted by Crippen LogP contribution is 2.48. The van der Waals surface area contributed by atoms with E-state index in [-0.39, 0.29) is 11.1 Å². The maximum absolute atomic E-state index is 12.7. The summed E-state index contributed by atoms with van der Waals surface area (Å²) in [6.07, 6.45) is 10.5. The van der Waals surface area contributed by atoms with Crippen LogP contribution in [-0.2, 0) is 25.7 Å². The van der Waals surface area contributed by atoms with E-state index in [0.717, 1.165) is 118 Å². The normalized spacial score (nSPS) is 18.5. The van der Waals surface area contributed by atoms with Crippen molar-refractivity contribution in [3.63, 3.8) is 0 Å². The van der Waals surface area contributed by atoms with Gasteiger partial charge >= 0.3 is 11.9 Å². The number of carboxylic acids is 2. The zero-order valence-corrected chi connectivity index (χ0v) is 23.8. The molecule has 2 N–H and O–H groups in total. The fourth-order valence-corrected chi connectivity index (χ4v) is 8.19. The molecule has 0 atom stereocenters. The van der Waals surface area contributed by atoms with Crippen molar-refractivity contribution in [2.75, 3.05) is 31.1 Å². The molecule has 8 rings (SSSR count). The number of carboxylic acid groups (broad SMARTS) is 2. The van der Waals surface area contributed by atoms with Crippen LogP contribution >= 0.6 is 0 Å². The topological polar surface area (TPSA) is 90.1 Å². The predicted octanol–water partition coefficient (Wildman–Crippen LogP) is 4.30. The average Bonchev–Trinajstić information content (AvgIpc) is 3.34. The third-order valence-corrected chi connectivity index (χ3v) is 9.95. The molecule has 0 unspecified atom stereocenters. The Morgan fingerprint density at radius 2 is 1.52 bits per heavy atom. The van der Waals surface area contributed by atoms with Crippen molar-refractivity contribution in [2.24, 2.45) is 0 Å². The molecule has 7 heteroatoms. The highest BCUT2D eigenvalue weighted by molar-refractivity contribution is 6.01. The van der Waals surface area contributed by atoms with Crippen molar-refractivity contribution in [1.82, 2.24) is 4.58 Å². The van der Waals surface area contributed by atoms with E-state index in [0.29, 0.717) is 5.56 Å². The van der Waals surface area contributed by atoms with Gasteiger partial charge in [-0.25, -0.2) is 14.2 Å². The molecule has 0 radical (unpaired) electrons. The summed E-state index contributed by atoms with van der Waals surface area (Å²) in [6.45, 7) is 4.22. The molecule has 0 spiro atoms. The Morgan fingerprint density at radius 1 is 0.738 bits per heavy atom. The fourth-order valence-electron chi connectivity index (χ4n) is 8.19. The molecule has 5 heterocycles. The minimum Gasteiger partial charge on any atom is -0.478 e. The van der Waals surface area contributed by atoms with Crippen LogP contribution in [0, 0.1) is 0 Å². The SMILES string of the molecule is O=C(O)c1ccc(C2=c3cc4c5c(c3Oc3c2cc2c6c3CCCN6CCCC2)CCC[N+]=5CCCC4)c(C(=O)O)c1. The molecule has 0 saturated carbocycles. The van der Waals surface area contributed by atoms with E-state index >= 15 is 0 Å². The first-order valence-electron chi connectivity index (χ1n) is 15.5. The largest absolute Gasteiger partial charge is 0.478 e. The number of nitrogens with zero attached hydrogens (tertiary/aromatic N) is 2. The smallest absolute Gasteiger partial charge is 0.336 e. The van der Waals surface area contributed by atoms with Crippen LogP contribution in [0.1, 0.15) is 92.6 Å². The molecule has 5 aliphatic heterocycles. The predicted molar refractivity (Wildman–Crippen MR) is 160 cm³/mol. The number of anilines is 1. The lowest BCUT2D eigenvalue weighted by Crippen LogP contribution is -2.41. The standard InChI is InChI=1S/C35H34N2O5/c38-34(39)22-11-12-23(26(19-22)35(40)41)29-27-17-20-7-1-3-13-36-15-5-9-24(30(20)36)32(27)42-33-25-10-6-16-37-14-4-2-8-21(31(25)37)18-28(29)33/h11-12,17-19H,1-10,13-16H2,(H-,38,39,40,41)/p+1. The Balaban J connectivity index is 1.53. The molecule has 0 fully saturated rings. The summed E-state index contributed by atoms with van der Waals surface area (Å²) in [5, 5.41) is 22.4. The molecule has 3 aromatic carbocycles. The van der Waals surface area contributed by atoms with Crippen LogP contribution in [0.3, 0.4) is 0 Å². The molecule has 42 heavy (non-hydrogen) atoms. The van der Waals surface area contributed by atoms with Crippen molar-refractivity contribution < 1.29 is 24.5 Å². The average molecular weight is 564 g/mol. The van der Waals surface area contributed by atoms with Gasteiger partial charge in [0.2, 0.25) is 5.36 Å². The van der Waals surface area contributed by atoms with Gasteiger partial charge in [0.1, 0.15) is 24.6 Å². The van der Waals surface area contributed by atoms with Gasteiger partial charge in [-0.3, -0.25) is 0 Å². The molecule has 0 aromatic heterocycles. The molecule has 5 aliphatic rings.